The summed E-state index contributed by atoms with van der Waals surface area (Å²) in [5.41, 5.74) is 5.14. The molecule has 1 aromatic carbocycles. The summed E-state index contributed by atoms with van der Waals surface area (Å²) in [5.74, 6) is -1.48. The second kappa shape index (κ2) is 5.04. The van der Waals surface area contributed by atoms with Crippen molar-refractivity contribution in [3.63, 3.8) is 0 Å². The van der Waals surface area contributed by atoms with Crippen molar-refractivity contribution in [1.82, 2.24) is 4.90 Å². The van der Waals surface area contributed by atoms with Gasteiger partial charge in [0.05, 0.1) is 11.3 Å². The maximum atomic E-state index is 13.8. The first-order valence-electron chi connectivity index (χ1n) is 7.13. The second-order valence-electron chi connectivity index (χ2n) is 5.75. The minimum Gasteiger partial charge on any atom is -0.396 e. The largest absolute Gasteiger partial charge is 0.396 e. The number of hydrogen-bond donors (Lipinski definition) is 1. The van der Waals surface area contributed by atoms with E-state index in [9.17, 15) is 13.6 Å². The monoisotopic (exact) mass is 280 g/mol. The third kappa shape index (κ3) is 2.15. The molecule has 1 amide bonds. The number of amides is 1. The molecule has 1 aliphatic carbocycles. The molecule has 2 unspecified atom stereocenters. The molecular weight excluding hydrogens is 262 g/mol. The molecule has 1 saturated carbocycles. The Morgan fingerprint density at radius 1 is 1.15 bits per heavy atom. The van der Waals surface area contributed by atoms with E-state index in [-0.39, 0.29) is 23.2 Å². The predicted octanol–water partition coefficient (Wildman–Crippen LogP) is 2.95. The van der Waals surface area contributed by atoms with Gasteiger partial charge in [-0.1, -0.05) is 12.8 Å². The first-order valence-corrected chi connectivity index (χ1v) is 7.13. The lowest BCUT2D eigenvalue weighted by atomic mass is 9.85. The van der Waals surface area contributed by atoms with Gasteiger partial charge >= 0.3 is 0 Å². The van der Waals surface area contributed by atoms with Gasteiger partial charge < -0.3 is 10.6 Å². The third-order valence-corrected chi connectivity index (χ3v) is 4.59. The Bertz CT molecular complexity index is 547. The van der Waals surface area contributed by atoms with Crippen LogP contribution in [0.4, 0.5) is 14.5 Å². The minimum absolute atomic E-state index is 0.116. The topological polar surface area (TPSA) is 46.3 Å². The summed E-state index contributed by atoms with van der Waals surface area (Å²) in [6, 6.07) is 2.02. The normalized spacial score (nSPS) is 25.6. The van der Waals surface area contributed by atoms with Crippen LogP contribution < -0.4 is 5.73 Å². The number of carbonyl (C=O) groups excluding carboxylic acids is 1. The molecule has 2 N–H and O–H groups in total. The van der Waals surface area contributed by atoms with E-state index in [1.54, 1.807) is 4.90 Å². The minimum atomic E-state index is -0.832. The average Bonchev–Trinajstić information content (AvgIpc) is 2.86. The van der Waals surface area contributed by atoms with Crippen LogP contribution in [-0.4, -0.2) is 23.4 Å². The summed E-state index contributed by atoms with van der Waals surface area (Å²) in [7, 11) is 0. The van der Waals surface area contributed by atoms with E-state index >= 15 is 0 Å². The lowest BCUT2D eigenvalue weighted by Crippen LogP contribution is -2.39. The molecule has 1 heterocycles. The lowest BCUT2D eigenvalue weighted by molar-refractivity contribution is 0.0685. The van der Waals surface area contributed by atoms with Crippen molar-refractivity contribution < 1.29 is 13.6 Å². The first-order chi connectivity index (χ1) is 9.58. The van der Waals surface area contributed by atoms with Gasteiger partial charge in [-0.05, 0) is 31.2 Å². The van der Waals surface area contributed by atoms with E-state index < -0.39 is 11.6 Å². The van der Waals surface area contributed by atoms with Crippen molar-refractivity contribution in [2.75, 3.05) is 12.3 Å². The van der Waals surface area contributed by atoms with Crippen LogP contribution in [0.2, 0.25) is 0 Å². The number of likely N-dealkylation sites (tertiary alicyclic amines) is 1. The molecule has 2 aliphatic rings. The fourth-order valence-electron chi connectivity index (χ4n) is 3.54. The van der Waals surface area contributed by atoms with Gasteiger partial charge in [0.1, 0.15) is 11.6 Å². The molecular formula is C15H18F2N2O. The molecule has 1 aliphatic heterocycles. The maximum absolute atomic E-state index is 13.8. The van der Waals surface area contributed by atoms with Crippen LogP contribution in [0.3, 0.4) is 0 Å². The van der Waals surface area contributed by atoms with E-state index in [2.05, 4.69) is 0 Å². The van der Waals surface area contributed by atoms with Gasteiger partial charge in [0.15, 0.2) is 0 Å². The zero-order chi connectivity index (χ0) is 14.3. The lowest BCUT2D eigenvalue weighted by Gasteiger charge is -2.31. The van der Waals surface area contributed by atoms with E-state index in [1.807, 2.05) is 0 Å². The number of nitrogens with two attached hydrogens (primary N) is 1. The van der Waals surface area contributed by atoms with Crippen molar-refractivity contribution >= 4 is 11.6 Å². The number of benzene rings is 1. The molecule has 0 spiro atoms. The number of nitrogens with zero attached hydrogens (tertiary/aromatic N) is 1. The SMILES string of the molecule is Nc1cc(C(=O)N2CCC3CCCCC32)c(F)cc1F. The summed E-state index contributed by atoms with van der Waals surface area (Å²) < 4.78 is 27.0. The standard InChI is InChI=1S/C15H18F2N2O/c16-11-8-12(17)13(18)7-10(11)15(20)19-6-5-9-3-1-2-4-14(9)19/h7-9,14H,1-6,18H2. The van der Waals surface area contributed by atoms with Crippen LogP contribution in [0.5, 0.6) is 0 Å². The number of anilines is 1. The van der Waals surface area contributed by atoms with Gasteiger partial charge in [-0.25, -0.2) is 8.78 Å². The second-order valence-corrected chi connectivity index (χ2v) is 5.75. The Labute approximate surface area is 116 Å². The Morgan fingerprint density at radius 3 is 2.70 bits per heavy atom. The zero-order valence-corrected chi connectivity index (χ0v) is 11.2. The summed E-state index contributed by atoms with van der Waals surface area (Å²) >= 11 is 0. The van der Waals surface area contributed by atoms with Crippen molar-refractivity contribution in [3.05, 3.63) is 29.3 Å². The third-order valence-electron chi connectivity index (χ3n) is 4.59. The van der Waals surface area contributed by atoms with E-state index in [4.69, 9.17) is 5.73 Å². The molecule has 2 atom stereocenters. The number of carbonyl (C=O) groups is 1. The number of hydrogen-bond acceptors (Lipinski definition) is 2. The van der Waals surface area contributed by atoms with E-state index in [0.29, 0.717) is 18.5 Å². The molecule has 1 aromatic rings. The highest BCUT2D eigenvalue weighted by Crippen LogP contribution is 2.37. The molecule has 3 rings (SSSR count). The molecule has 3 nitrogen and oxygen atoms in total. The molecule has 0 aromatic heterocycles. The Hall–Kier alpha value is -1.65. The number of fused-ring (bicyclic) bond motifs is 1. The van der Waals surface area contributed by atoms with Crippen molar-refractivity contribution in [2.45, 2.75) is 38.1 Å². The van der Waals surface area contributed by atoms with Crippen LogP contribution >= 0.6 is 0 Å². The number of halogens is 2. The van der Waals surface area contributed by atoms with Crippen LogP contribution in [0.1, 0.15) is 42.5 Å². The van der Waals surface area contributed by atoms with Gasteiger partial charge in [-0.2, -0.15) is 0 Å². The molecule has 0 radical (unpaired) electrons. The van der Waals surface area contributed by atoms with Crippen LogP contribution in [0, 0.1) is 17.6 Å². The maximum Gasteiger partial charge on any atom is 0.257 e. The van der Waals surface area contributed by atoms with Gasteiger partial charge in [0.2, 0.25) is 0 Å². The van der Waals surface area contributed by atoms with Crippen molar-refractivity contribution in [3.8, 4) is 0 Å². The summed E-state index contributed by atoms with van der Waals surface area (Å²) in [4.78, 5) is 14.2. The molecule has 5 heteroatoms. The fourth-order valence-corrected chi connectivity index (χ4v) is 3.54. The molecule has 2 fully saturated rings. The van der Waals surface area contributed by atoms with Crippen LogP contribution in [0.15, 0.2) is 12.1 Å². The van der Waals surface area contributed by atoms with E-state index in [0.717, 1.165) is 31.7 Å². The quantitative estimate of drug-likeness (QED) is 0.804. The highest BCUT2D eigenvalue weighted by Gasteiger charge is 2.39. The summed E-state index contributed by atoms with van der Waals surface area (Å²) in [5, 5.41) is 0. The molecule has 20 heavy (non-hydrogen) atoms. The fraction of sp³-hybridized carbons (Fsp3) is 0.533. The Kier molecular flexibility index (Phi) is 3.36. The predicted molar refractivity (Wildman–Crippen MR) is 72.2 cm³/mol. The number of rotatable bonds is 1. The first kappa shape index (κ1) is 13.3. The Balaban J connectivity index is 1.87. The molecule has 108 valence electrons. The zero-order valence-electron chi connectivity index (χ0n) is 11.2. The van der Waals surface area contributed by atoms with E-state index in [1.165, 1.54) is 6.42 Å². The van der Waals surface area contributed by atoms with Crippen molar-refractivity contribution in [2.24, 2.45) is 5.92 Å². The average molecular weight is 280 g/mol. The van der Waals surface area contributed by atoms with Gasteiger partial charge in [0, 0.05) is 18.7 Å². The molecule has 0 bridgehead atoms. The van der Waals surface area contributed by atoms with Crippen LogP contribution in [-0.2, 0) is 0 Å². The summed E-state index contributed by atoms with van der Waals surface area (Å²) in [6.45, 7) is 0.658. The van der Waals surface area contributed by atoms with Crippen LogP contribution in [0.25, 0.3) is 0 Å². The van der Waals surface area contributed by atoms with Gasteiger partial charge in [-0.3, -0.25) is 4.79 Å². The van der Waals surface area contributed by atoms with Gasteiger partial charge in [0.25, 0.3) is 5.91 Å². The van der Waals surface area contributed by atoms with Gasteiger partial charge in [-0.15, -0.1) is 0 Å². The highest BCUT2D eigenvalue weighted by molar-refractivity contribution is 5.95. The number of nitrogen functional groups attached to an aromatic ring is 1. The summed E-state index contributed by atoms with van der Waals surface area (Å²) in [6.07, 6.45) is 5.42. The Morgan fingerprint density at radius 2 is 1.90 bits per heavy atom. The molecule has 1 saturated heterocycles. The van der Waals surface area contributed by atoms with Crippen molar-refractivity contribution in [1.29, 1.82) is 0 Å². The highest BCUT2D eigenvalue weighted by atomic mass is 19.1. The smallest absolute Gasteiger partial charge is 0.257 e.